The van der Waals surface area contributed by atoms with Gasteiger partial charge >= 0.3 is 0 Å². The molecule has 0 radical (unpaired) electrons. The number of thiazole rings is 1. The number of carbonyl (C=O) groups excluding carboxylic acids is 3. The minimum atomic E-state index is -0.584. The van der Waals surface area contributed by atoms with Crippen LogP contribution in [0, 0.1) is 13.8 Å². The van der Waals surface area contributed by atoms with Gasteiger partial charge in [-0.15, -0.1) is 23.1 Å². The minimum Gasteiger partial charge on any atom is -0.493 e. The van der Waals surface area contributed by atoms with Crippen LogP contribution < -0.4 is 25.4 Å². The molecular weight excluding hydrogens is 717 g/mol. The van der Waals surface area contributed by atoms with E-state index in [0.29, 0.717) is 33.4 Å². The number of aryl methyl sites for hydroxylation is 2. The Morgan fingerprint density at radius 1 is 0.759 bits per heavy atom. The second-order valence-corrected chi connectivity index (χ2v) is 14.5. The molecule has 0 fully saturated rings. The third-order valence-electron chi connectivity index (χ3n) is 8.32. The van der Waals surface area contributed by atoms with Gasteiger partial charge in [0.05, 0.1) is 19.9 Å². The molecule has 0 saturated heterocycles. The molecule has 9 nitrogen and oxygen atoms in total. The average Bonchev–Trinajstić information content (AvgIpc) is 3.56. The van der Waals surface area contributed by atoms with Gasteiger partial charge in [0.15, 0.2) is 16.6 Å². The fourth-order valence-electron chi connectivity index (χ4n) is 5.58. The van der Waals surface area contributed by atoms with Gasteiger partial charge in [0.1, 0.15) is 10.9 Å². The Morgan fingerprint density at radius 3 is 2.11 bits per heavy atom. The van der Waals surface area contributed by atoms with E-state index < -0.39 is 17.1 Å². The van der Waals surface area contributed by atoms with Crippen LogP contribution in [0.4, 0.5) is 10.8 Å². The fourth-order valence-corrected chi connectivity index (χ4v) is 7.44. The molecular formula is C43H38N4O5S2. The van der Waals surface area contributed by atoms with Gasteiger partial charge in [-0.1, -0.05) is 90.5 Å². The van der Waals surface area contributed by atoms with Crippen molar-refractivity contribution in [3.63, 3.8) is 0 Å². The smallest absolute Gasteiger partial charge is 0.272 e. The summed E-state index contributed by atoms with van der Waals surface area (Å²) in [5, 5.41) is 8.64. The van der Waals surface area contributed by atoms with Crippen molar-refractivity contribution in [3.8, 4) is 22.8 Å². The molecule has 54 heavy (non-hydrogen) atoms. The van der Waals surface area contributed by atoms with Gasteiger partial charge in [0.25, 0.3) is 11.8 Å². The first-order valence-electron chi connectivity index (χ1n) is 17.0. The average molecular weight is 755 g/mol. The van der Waals surface area contributed by atoms with Gasteiger partial charge in [-0.2, -0.15) is 0 Å². The zero-order valence-corrected chi connectivity index (χ0v) is 31.7. The summed E-state index contributed by atoms with van der Waals surface area (Å²) in [5.41, 5.74) is 5.26. The summed E-state index contributed by atoms with van der Waals surface area (Å²) in [6.45, 7) is 4.04. The van der Waals surface area contributed by atoms with Crippen LogP contribution >= 0.6 is 23.1 Å². The molecule has 1 aromatic heterocycles. The van der Waals surface area contributed by atoms with Gasteiger partial charge in [0.2, 0.25) is 5.91 Å². The number of nitrogens with one attached hydrogen (secondary N) is 3. The number of para-hydroxylation sites is 1. The maximum absolute atomic E-state index is 13.9. The molecule has 272 valence electrons. The van der Waals surface area contributed by atoms with E-state index in [1.54, 1.807) is 60.7 Å². The second-order valence-electron chi connectivity index (χ2n) is 12.1. The van der Waals surface area contributed by atoms with Crippen molar-refractivity contribution in [3.05, 3.63) is 160 Å². The quantitative estimate of drug-likeness (QED) is 0.0795. The lowest BCUT2D eigenvalue weighted by atomic mass is 10.1. The zero-order chi connectivity index (χ0) is 38.0. The molecule has 1 heterocycles. The Hall–Kier alpha value is -6.17. The number of thioether (sulfide) groups is 1. The van der Waals surface area contributed by atoms with Crippen molar-refractivity contribution in [1.82, 2.24) is 10.3 Å². The predicted octanol–water partition coefficient (Wildman–Crippen LogP) is 9.33. The summed E-state index contributed by atoms with van der Waals surface area (Å²) in [4.78, 5) is 47.4. The van der Waals surface area contributed by atoms with Gasteiger partial charge in [-0.3, -0.25) is 14.4 Å². The van der Waals surface area contributed by atoms with Crippen LogP contribution in [-0.4, -0.2) is 36.9 Å². The second kappa shape index (κ2) is 17.6. The highest BCUT2D eigenvalue weighted by Crippen LogP contribution is 2.38. The molecule has 0 bridgehead atoms. The molecule has 11 heteroatoms. The highest BCUT2D eigenvalue weighted by atomic mass is 32.2. The molecule has 0 spiro atoms. The molecule has 0 aliphatic rings. The van der Waals surface area contributed by atoms with Crippen LogP contribution in [0.25, 0.3) is 17.3 Å². The lowest BCUT2D eigenvalue weighted by Gasteiger charge is -2.17. The van der Waals surface area contributed by atoms with Crippen molar-refractivity contribution < 1.29 is 23.9 Å². The molecule has 1 unspecified atom stereocenters. The predicted molar refractivity (Wildman–Crippen MR) is 217 cm³/mol. The number of hydrogen-bond donors (Lipinski definition) is 3. The molecule has 0 aliphatic carbocycles. The number of hydrogen-bond acceptors (Lipinski definition) is 8. The van der Waals surface area contributed by atoms with Gasteiger partial charge in [-0.25, -0.2) is 4.98 Å². The van der Waals surface area contributed by atoms with Crippen molar-refractivity contribution >= 4 is 57.7 Å². The van der Waals surface area contributed by atoms with Crippen molar-refractivity contribution in [2.75, 3.05) is 24.9 Å². The molecule has 0 saturated carbocycles. The summed E-state index contributed by atoms with van der Waals surface area (Å²) in [6.07, 6.45) is 1.54. The summed E-state index contributed by atoms with van der Waals surface area (Å²) in [6, 6.07) is 38.8. The number of carbonyl (C=O) groups is 3. The van der Waals surface area contributed by atoms with Gasteiger partial charge in [0, 0.05) is 32.2 Å². The van der Waals surface area contributed by atoms with E-state index in [2.05, 4.69) is 16.0 Å². The maximum atomic E-state index is 13.9. The SMILES string of the molecule is COc1cccc(/C=C(\NC(=O)c2ccccc2)C(=O)Nc2ccc(SC(C(=O)Nc3nc(-c4ccc(C)cc4)c(C)s3)c3ccccc3)cc2)c1OC. The molecule has 5 aromatic carbocycles. The van der Waals surface area contributed by atoms with E-state index in [1.165, 1.54) is 37.3 Å². The van der Waals surface area contributed by atoms with E-state index in [0.717, 1.165) is 32.2 Å². The van der Waals surface area contributed by atoms with E-state index in [1.807, 2.05) is 86.6 Å². The van der Waals surface area contributed by atoms with E-state index in [4.69, 9.17) is 14.5 Å². The number of anilines is 2. The van der Waals surface area contributed by atoms with Crippen LogP contribution in [-0.2, 0) is 9.59 Å². The Labute approximate surface area is 322 Å². The van der Waals surface area contributed by atoms with Crippen LogP contribution in [0.5, 0.6) is 11.5 Å². The lowest BCUT2D eigenvalue weighted by Crippen LogP contribution is -2.30. The lowest BCUT2D eigenvalue weighted by molar-refractivity contribution is -0.116. The summed E-state index contributed by atoms with van der Waals surface area (Å²) in [7, 11) is 3.03. The Kier molecular flexibility index (Phi) is 12.2. The van der Waals surface area contributed by atoms with E-state index in [-0.39, 0.29) is 11.6 Å². The number of ether oxygens (including phenoxy) is 2. The minimum absolute atomic E-state index is 0.00220. The van der Waals surface area contributed by atoms with Crippen LogP contribution in [0.1, 0.15) is 37.2 Å². The van der Waals surface area contributed by atoms with Crippen molar-refractivity contribution in [1.29, 1.82) is 0 Å². The van der Waals surface area contributed by atoms with Crippen LogP contribution in [0.3, 0.4) is 0 Å². The standard InChI is InChI=1S/C43H38N4O5S2/c1-27-18-20-29(21-19-27)37-28(2)53-43(46-37)47-42(50)39(30-12-7-5-8-13-30)54-34-24-22-33(23-25-34)44-41(49)35(45-40(48)31-14-9-6-10-15-31)26-32-16-11-17-36(51-3)38(32)52-4/h5-26,39H,1-4H3,(H,44,49)(H,45,48)(H,46,47,50)/b35-26-. The third kappa shape index (κ3) is 9.24. The van der Waals surface area contributed by atoms with Crippen LogP contribution in [0.2, 0.25) is 0 Å². The molecule has 3 amide bonds. The molecule has 0 aliphatic heterocycles. The largest absolute Gasteiger partial charge is 0.493 e. The Bertz CT molecular complexity index is 2270. The monoisotopic (exact) mass is 754 g/mol. The highest BCUT2D eigenvalue weighted by Gasteiger charge is 2.24. The molecule has 6 aromatic rings. The summed E-state index contributed by atoms with van der Waals surface area (Å²) < 4.78 is 11.0. The van der Waals surface area contributed by atoms with E-state index >= 15 is 0 Å². The van der Waals surface area contributed by atoms with Crippen molar-refractivity contribution in [2.24, 2.45) is 0 Å². The van der Waals surface area contributed by atoms with E-state index in [9.17, 15) is 14.4 Å². The highest BCUT2D eigenvalue weighted by molar-refractivity contribution is 8.00. The van der Waals surface area contributed by atoms with Crippen molar-refractivity contribution in [2.45, 2.75) is 24.0 Å². The normalized spacial score (nSPS) is 11.7. The Balaban J connectivity index is 1.20. The number of amides is 3. The first kappa shape index (κ1) is 37.6. The number of rotatable bonds is 13. The third-order valence-corrected chi connectivity index (χ3v) is 10.5. The maximum Gasteiger partial charge on any atom is 0.272 e. The topological polar surface area (TPSA) is 119 Å². The molecule has 1 atom stereocenters. The fraction of sp³-hybridized carbons (Fsp3) is 0.116. The first-order chi connectivity index (χ1) is 26.2. The number of aromatic nitrogens is 1. The number of methoxy groups -OCH3 is 2. The van der Waals surface area contributed by atoms with Gasteiger partial charge in [-0.05, 0) is 68.0 Å². The van der Waals surface area contributed by atoms with Gasteiger partial charge < -0.3 is 25.4 Å². The first-order valence-corrected chi connectivity index (χ1v) is 18.7. The Morgan fingerprint density at radius 2 is 1.44 bits per heavy atom. The van der Waals surface area contributed by atoms with Crippen LogP contribution in [0.15, 0.2) is 138 Å². The molecule has 3 N–H and O–H groups in total. The summed E-state index contributed by atoms with van der Waals surface area (Å²) >= 11 is 2.83. The number of nitrogens with zero attached hydrogens (tertiary/aromatic N) is 1. The molecule has 6 rings (SSSR count). The zero-order valence-electron chi connectivity index (χ0n) is 30.1. The summed E-state index contributed by atoms with van der Waals surface area (Å²) in [5.74, 6) is -0.311. The number of benzene rings is 5.